The maximum absolute atomic E-state index is 6.07. The molecule has 98 valence electrons. The lowest BCUT2D eigenvalue weighted by molar-refractivity contribution is 0.218. The van der Waals surface area contributed by atoms with Crippen molar-refractivity contribution in [3.8, 4) is 0 Å². The largest absolute Gasteiger partial charge is 0.370 e. The van der Waals surface area contributed by atoms with Crippen LogP contribution in [0.3, 0.4) is 0 Å². The van der Waals surface area contributed by atoms with E-state index in [0.717, 1.165) is 12.1 Å². The van der Waals surface area contributed by atoms with E-state index >= 15 is 0 Å². The predicted molar refractivity (Wildman–Crippen MR) is 77.9 cm³/mol. The zero-order valence-corrected chi connectivity index (χ0v) is 11.6. The van der Waals surface area contributed by atoms with Gasteiger partial charge in [-0.2, -0.15) is 0 Å². The molecule has 1 unspecified atom stereocenters. The van der Waals surface area contributed by atoms with Gasteiger partial charge in [-0.25, -0.2) is 0 Å². The van der Waals surface area contributed by atoms with Crippen LogP contribution < -0.4 is 5.73 Å². The number of thiophene rings is 1. The number of aliphatic imine (C=N–C) groups is 1. The molecule has 2 aromatic rings. The summed E-state index contributed by atoms with van der Waals surface area (Å²) in [6, 6.07) is 8.23. The molecule has 3 rings (SSSR count). The molecular weight excluding hydrogens is 256 g/mol. The molecule has 0 saturated heterocycles. The Balaban J connectivity index is 1.93. The molecule has 1 atom stereocenters. The second-order valence-electron chi connectivity index (χ2n) is 4.86. The average Bonchev–Trinajstić information content (AvgIpc) is 3.04. The second-order valence-corrected chi connectivity index (χ2v) is 5.89. The molecule has 19 heavy (non-hydrogen) atoms. The molecule has 4 nitrogen and oxygen atoms in total. The van der Waals surface area contributed by atoms with E-state index in [1.54, 1.807) is 17.5 Å². The first-order valence-corrected chi connectivity index (χ1v) is 7.08. The molecule has 0 spiro atoms. The van der Waals surface area contributed by atoms with E-state index in [9.17, 15) is 0 Å². The minimum atomic E-state index is -0.206. The van der Waals surface area contributed by atoms with Crippen LogP contribution in [-0.4, -0.2) is 22.4 Å². The topological polar surface area (TPSA) is 54.5 Å². The Labute approximate surface area is 116 Å². The normalized spacial score (nSPS) is 22.6. The Morgan fingerprint density at radius 2 is 2.32 bits per heavy atom. The molecule has 0 amide bonds. The van der Waals surface area contributed by atoms with Gasteiger partial charge in [-0.05, 0) is 30.0 Å². The van der Waals surface area contributed by atoms with Gasteiger partial charge in [0.2, 0.25) is 0 Å². The molecule has 0 bridgehead atoms. The number of aromatic nitrogens is 1. The summed E-state index contributed by atoms with van der Waals surface area (Å²) in [5.74, 6) is 0.611. The van der Waals surface area contributed by atoms with Gasteiger partial charge in [-0.1, -0.05) is 12.1 Å². The van der Waals surface area contributed by atoms with Crippen LogP contribution in [0.4, 0.5) is 0 Å². The first-order chi connectivity index (χ1) is 9.20. The standard InChI is InChI=1S/C14H16N4S/c1-14(11-4-2-6-16-8-11)10-17-13(15)18(14)9-12-5-3-7-19-12/h2-8H,9-10H2,1H3,(H2,15,17). The smallest absolute Gasteiger partial charge is 0.192 e. The molecule has 0 saturated carbocycles. The number of rotatable bonds is 3. The lowest BCUT2D eigenvalue weighted by atomic mass is 9.92. The van der Waals surface area contributed by atoms with E-state index in [4.69, 9.17) is 5.73 Å². The maximum Gasteiger partial charge on any atom is 0.192 e. The number of guanidine groups is 1. The average molecular weight is 272 g/mol. The molecule has 1 aliphatic heterocycles. The van der Waals surface area contributed by atoms with Crippen LogP contribution in [0.1, 0.15) is 17.4 Å². The second kappa shape index (κ2) is 4.66. The van der Waals surface area contributed by atoms with Crippen molar-refractivity contribution < 1.29 is 0 Å². The van der Waals surface area contributed by atoms with E-state index in [-0.39, 0.29) is 5.54 Å². The first-order valence-electron chi connectivity index (χ1n) is 6.20. The van der Waals surface area contributed by atoms with Crippen LogP contribution in [0.2, 0.25) is 0 Å². The highest BCUT2D eigenvalue weighted by atomic mass is 32.1. The Hall–Kier alpha value is -1.88. The fourth-order valence-electron chi connectivity index (χ4n) is 2.40. The van der Waals surface area contributed by atoms with Gasteiger partial charge >= 0.3 is 0 Å². The molecule has 0 aromatic carbocycles. The summed E-state index contributed by atoms with van der Waals surface area (Å²) < 4.78 is 0. The van der Waals surface area contributed by atoms with E-state index < -0.39 is 0 Å². The number of hydrogen-bond acceptors (Lipinski definition) is 5. The molecule has 1 aliphatic rings. The van der Waals surface area contributed by atoms with Crippen molar-refractivity contribution in [2.75, 3.05) is 6.54 Å². The van der Waals surface area contributed by atoms with Crippen molar-refractivity contribution in [1.82, 2.24) is 9.88 Å². The molecule has 2 N–H and O–H groups in total. The first kappa shape index (κ1) is 12.2. The van der Waals surface area contributed by atoms with Gasteiger partial charge in [0, 0.05) is 17.3 Å². The van der Waals surface area contributed by atoms with Crippen molar-refractivity contribution in [3.63, 3.8) is 0 Å². The van der Waals surface area contributed by atoms with Crippen LogP contribution >= 0.6 is 11.3 Å². The lowest BCUT2D eigenvalue weighted by Crippen LogP contribution is -2.46. The van der Waals surface area contributed by atoms with E-state index in [1.165, 1.54) is 4.88 Å². The van der Waals surface area contributed by atoms with Gasteiger partial charge < -0.3 is 10.6 Å². The number of nitrogens with two attached hydrogens (primary N) is 1. The fraction of sp³-hybridized carbons (Fsp3) is 0.286. The molecule has 3 heterocycles. The third-order valence-corrected chi connectivity index (χ3v) is 4.46. The summed E-state index contributed by atoms with van der Waals surface area (Å²) in [5.41, 5.74) is 7.01. The maximum atomic E-state index is 6.07. The van der Waals surface area contributed by atoms with E-state index in [2.05, 4.69) is 45.4 Å². The minimum Gasteiger partial charge on any atom is -0.370 e. The lowest BCUT2D eigenvalue weighted by Gasteiger charge is -2.36. The van der Waals surface area contributed by atoms with Crippen LogP contribution in [0, 0.1) is 0 Å². The van der Waals surface area contributed by atoms with Gasteiger partial charge in [0.05, 0.1) is 18.6 Å². The van der Waals surface area contributed by atoms with Crippen molar-refractivity contribution in [1.29, 1.82) is 0 Å². The zero-order chi connectivity index (χ0) is 13.3. The Kier molecular flexibility index (Phi) is 2.98. The van der Waals surface area contributed by atoms with Crippen molar-refractivity contribution >= 4 is 17.3 Å². The summed E-state index contributed by atoms with van der Waals surface area (Å²) in [5, 5.41) is 2.08. The molecule has 0 aliphatic carbocycles. The van der Waals surface area contributed by atoms with E-state index in [1.807, 2.05) is 12.3 Å². The van der Waals surface area contributed by atoms with Crippen molar-refractivity contribution in [2.45, 2.75) is 19.0 Å². The summed E-state index contributed by atoms with van der Waals surface area (Å²) >= 11 is 1.74. The molecular formula is C14H16N4S. The van der Waals surface area contributed by atoms with Gasteiger partial charge in [0.15, 0.2) is 5.96 Å². The van der Waals surface area contributed by atoms with Crippen molar-refractivity contribution in [3.05, 3.63) is 52.5 Å². The molecule has 5 heteroatoms. The fourth-order valence-corrected chi connectivity index (χ4v) is 3.09. The van der Waals surface area contributed by atoms with Crippen LogP contribution in [-0.2, 0) is 12.1 Å². The summed E-state index contributed by atoms with van der Waals surface area (Å²) in [6.07, 6.45) is 3.69. The predicted octanol–water partition coefficient (Wildman–Crippen LogP) is 2.19. The van der Waals surface area contributed by atoms with E-state index in [0.29, 0.717) is 12.5 Å². The molecule has 0 radical (unpaired) electrons. The van der Waals surface area contributed by atoms with Gasteiger partial charge in [-0.3, -0.25) is 9.98 Å². The summed E-state index contributed by atoms with van der Waals surface area (Å²) in [7, 11) is 0. The highest BCUT2D eigenvalue weighted by Gasteiger charge is 2.39. The van der Waals surface area contributed by atoms with Gasteiger partial charge in [0.1, 0.15) is 0 Å². The highest BCUT2D eigenvalue weighted by molar-refractivity contribution is 7.09. The minimum absolute atomic E-state index is 0.206. The Morgan fingerprint density at radius 1 is 1.42 bits per heavy atom. The zero-order valence-electron chi connectivity index (χ0n) is 10.8. The monoisotopic (exact) mass is 272 g/mol. The third kappa shape index (κ3) is 2.10. The highest BCUT2D eigenvalue weighted by Crippen LogP contribution is 2.33. The quantitative estimate of drug-likeness (QED) is 0.932. The Morgan fingerprint density at radius 3 is 3.00 bits per heavy atom. The van der Waals surface area contributed by atoms with Crippen LogP contribution in [0.15, 0.2) is 47.0 Å². The number of pyridine rings is 1. The van der Waals surface area contributed by atoms with Crippen LogP contribution in [0.25, 0.3) is 0 Å². The number of nitrogens with zero attached hydrogens (tertiary/aromatic N) is 3. The number of hydrogen-bond donors (Lipinski definition) is 1. The van der Waals surface area contributed by atoms with Gasteiger partial charge in [-0.15, -0.1) is 11.3 Å². The van der Waals surface area contributed by atoms with Gasteiger partial charge in [0.25, 0.3) is 0 Å². The third-order valence-electron chi connectivity index (χ3n) is 3.60. The SMILES string of the molecule is CC1(c2cccnc2)CN=C(N)N1Cc1cccs1. The molecule has 0 fully saturated rings. The summed E-state index contributed by atoms with van der Waals surface area (Å²) in [4.78, 5) is 12.1. The van der Waals surface area contributed by atoms with Crippen molar-refractivity contribution in [2.24, 2.45) is 10.7 Å². The summed E-state index contributed by atoms with van der Waals surface area (Å²) in [6.45, 7) is 3.63. The molecule has 2 aromatic heterocycles. The Bertz CT molecular complexity index is 579. The van der Waals surface area contributed by atoms with Crippen LogP contribution in [0.5, 0.6) is 0 Å².